The third-order valence-electron chi connectivity index (χ3n) is 4.90. The van der Waals surface area contributed by atoms with Crippen LogP contribution >= 0.6 is 11.8 Å². The lowest BCUT2D eigenvalue weighted by Gasteiger charge is -2.23. The molecule has 7 nitrogen and oxygen atoms in total. The van der Waals surface area contributed by atoms with Crippen molar-refractivity contribution >= 4 is 34.1 Å². The van der Waals surface area contributed by atoms with E-state index < -0.39 is 0 Å². The number of nitrogens with one attached hydrogen (secondary N) is 2. The Labute approximate surface area is 168 Å². The van der Waals surface area contributed by atoms with Crippen molar-refractivity contribution in [1.29, 1.82) is 0 Å². The Bertz CT molecular complexity index is 968. The molecule has 1 fully saturated rings. The average Bonchev–Trinajstić information content (AvgIpc) is 3.06. The number of anilines is 1. The Balaban J connectivity index is 1.32. The van der Waals surface area contributed by atoms with Gasteiger partial charge in [-0.05, 0) is 22.9 Å². The highest BCUT2D eigenvalue weighted by Gasteiger charge is 2.19. The van der Waals surface area contributed by atoms with Gasteiger partial charge in [-0.15, -0.1) is 10.2 Å². The molecular formula is C20H24N5O2S+. The number of thioether (sulfide) groups is 1. The van der Waals surface area contributed by atoms with Gasteiger partial charge in [0, 0.05) is 12.7 Å². The van der Waals surface area contributed by atoms with E-state index in [0.29, 0.717) is 5.75 Å². The Morgan fingerprint density at radius 3 is 2.79 bits per heavy atom. The van der Waals surface area contributed by atoms with Crippen molar-refractivity contribution in [1.82, 2.24) is 14.8 Å². The molecule has 2 N–H and O–H groups in total. The molecule has 1 saturated heterocycles. The molecular weight excluding hydrogens is 374 g/mol. The van der Waals surface area contributed by atoms with E-state index in [-0.39, 0.29) is 5.91 Å². The van der Waals surface area contributed by atoms with E-state index in [1.54, 1.807) is 0 Å². The van der Waals surface area contributed by atoms with Gasteiger partial charge >= 0.3 is 0 Å². The molecule has 3 aromatic rings. The highest BCUT2D eigenvalue weighted by atomic mass is 32.2. The summed E-state index contributed by atoms with van der Waals surface area (Å²) >= 11 is 1.40. The minimum Gasteiger partial charge on any atom is -0.370 e. The van der Waals surface area contributed by atoms with Crippen LogP contribution in [0.4, 0.5) is 5.69 Å². The molecule has 2 aromatic carbocycles. The van der Waals surface area contributed by atoms with Crippen molar-refractivity contribution in [3.05, 3.63) is 48.3 Å². The van der Waals surface area contributed by atoms with E-state index in [1.807, 2.05) is 48.0 Å². The predicted octanol–water partition coefficient (Wildman–Crippen LogP) is 1.11. The first-order valence-corrected chi connectivity index (χ1v) is 10.4. The zero-order valence-corrected chi connectivity index (χ0v) is 16.7. The standard InChI is InChI=1S/C20H23N5O2S/c1-24-18(13-25-8-10-27-11-9-25)22-23-20(24)28-14-19(26)21-17-7-6-15-4-2-3-5-16(15)12-17/h2-7,12H,8-11,13-14H2,1H3,(H,21,26)/p+1. The summed E-state index contributed by atoms with van der Waals surface area (Å²) in [5.74, 6) is 1.18. The van der Waals surface area contributed by atoms with Crippen LogP contribution in [0.2, 0.25) is 0 Å². The number of fused-ring (bicyclic) bond motifs is 1. The molecule has 1 aliphatic rings. The number of hydrogen-bond donors (Lipinski definition) is 2. The van der Waals surface area contributed by atoms with Crippen LogP contribution in [-0.2, 0) is 23.1 Å². The smallest absolute Gasteiger partial charge is 0.234 e. The maximum absolute atomic E-state index is 12.3. The first kappa shape index (κ1) is 18.9. The fraction of sp³-hybridized carbons (Fsp3) is 0.350. The lowest BCUT2D eigenvalue weighted by atomic mass is 10.1. The molecule has 0 unspecified atom stereocenters. The second kappa shape index (κ2) is 8.72. The van der Waals surface area contributed by atoms with E-state index in [1.165, 1.54) is 16.7 Å². The summed E-state index contributed by atoms with van der Waals surface area (Å²) in [6.45, 7) is 4.40. The third kappa shape index (κ3) is 4.52. The lowest BCUT2D eigenvalue weighted by Crippen LogP contribution is -3.12. The van der Waals surface area contributed by atoms with Crippen molar-refractivity contribution in [2.45, 2.75) is 11.7 Å². The van der Waals surface area contributed by atoms with E-state index in [9.17, 15) is 4.79 Å². The summed E-state index contributed by atoms with van der Waals surface area (Å²) in [6, 6.07) is 14.0. The van der Waals surface area contributed by atoms with Gasteiger partial charge in [0.1, 0.15) is 19.6 Å². The maximum Gasteiger partial charge on any atom is 0.234 e. The van der Waals surface area contributed by atoms with Crippen LogP contribution in [0.3, 0.4) is 0 Å². The molecule has 0 bridgehead atoms. The largest absolute Gasteiger partial charge is 0.370 e. The number of quaternary nitrogens is 1. The summed E-state index contributed by atoms with van der Waals surface area (Å²) in [7, 11) is 1.96. The number of benzene rings is 2. The molecule has 0 atom stereocenters. The Morgan fingerprint density at radius 2 is 1.96 bits per heavy atom. The molecule has 1 aliphatic heterocycles. The Hall–Kier alpha value is -2.42. The second-order valence-corrected chi connectivity index (χ2v) is 7.84. The number of rotatable bonds is 6. The number of nitrogens with zero attached hydrogens (tertiary/aromatic N) is 3. The van der Waals surface area contributed by atoms with E-state index in [2.05, 4.69) is 21.6 Å². The van der Waals surface area contributed by atoms with Gasteiger partial charge in [-0.25, -0.2) is 0 Å². The highest BCUT2D eigenvalue weighted by molar-refractivity contribution is 7.99. The van der Waals surface area contributed by atoms with Gasteiger partial charge < -0.3 is 19.5 Å². The third-order valence-corrected chi connectivity index (χ3v) is 5.92. The average molecular weight is 399 g/mol. The molecule has 0 radical (unpaired) electrons. The molecule has 1 amide bonds. The molecule has 4 rings (SSSR count). The number of amides is 1. The molecule has 2 heterocycles. The topological polar surface area (TPSA) is 73.5 Å². The monoisotopic (exact) mass is 398 g/mol. The van der Waals surface area contributed by atoms with Crippen molar-refractivity contribution < 1.29 is 14.4 Å². The summed E-state index contributed by atoms with van der Waals surface area (Å²) in [4.78, 5) is 13.8. The van der Waals surface area contributed by atoms with Crippen molar-refractivity contribution in [2.75, 3.05) is 37.4 Å². The number of carbonyl (C=O) groups is 1. The van der Waals surface area contributed by atoms with Crippen LogP contribution in [0.15, 0.2) is 47.6 Å². The zero-order chi connectivity index (χ0) is 19.3. The minimum absolute atomic E-state index is 0.0522. The van der Waals surface area contributed by atoms with Gasteiger partial charge in [0.25, 0.3) is 0 Å². The lowest BCUT2D eigenvalue weighted by molar-refractivity contribution is -0.922. The highest BCUT2D eigenvalue weighted by Crippen LogP contribution is 2.20. The Morgan fingerprint density at radius 1 is 1.18 bits per heavy atom. The van der Waals surface area contributed by atoms with Crippen molar-refractivity contribution in [2.24, 2.45) is 7.05 Å². The normalized spacial score (nSPS) is 15.0. The summed E-state index contributed by atoms with van der Waals surface area (Å²) in [5, 5.41) is 14.5. The number of carbonyl (C=O) groups excluding carboxylic acids is 1. The number of aromatic nitrogens is 3. The maximum atomic E-state index is 12.3. The molecule has 0 aliphatic carbocycles. The van der Waals surface area contributed by atoms with Crippen LogP contribution < -0.4 is 10.2 Å². The quantitative estimate of drug-likeness (QED) is 0.609. The first-order valence-electron chi connectivity index (χ1n) is 9.40. The minimum atomic E-state index is -0.0522. The number of ether oxygens (including phenoxy) is 1. The van der Waals surface area contributed by atoms with Gasteiger partial charge in [-0.3, -0.25) is 4.79 Å². The SMILES string of the molecule is Cn1c(C[NH+]2CCOCC2)nnc1SCC(=O)Nc1ccc2ccccc2c1. The summed E-state index contributed by atoms with van der Waals surface area (Å²) in [6.07, 6.45) is 0. The van der Waals surface area contributed by atoms with Crippen LogP contribution in [0.5, 0.6) is 0 Å². The first-order chi connectivity index (χ1) is 13.7. The second-order valence-electron chi connectivity index (χ2n) is 6.90. The fourth-order valence-electron chi connectivity index (χ4n) is 3.28. The van der Waals surface area contributed by atoms with Crippen molar-refractivity contribution in [3.63, 3.8) is 0 Å². The van der Waals surface area contributed by atoms with Gasteiger partial charge in [-0.1, -0.05) is 42.1 Å². The van der Waals surface area contributed by atoms with Gasteiger partial charge in [-0.2, -0.15) is 0 Å². The number of hydrogen-bond acceptors (Lipinski definition) is 5. The van der Waals surface area contributed by atoms with Gasteiger partial charge in [0.05, 0.1) is 19.0 Å². The predicted molar refractivity (Wildman–Crippen MR) is 110 cm³/mol. The van der Waals surface area contributed by atoms with Gasteiger partial charge in [0.2, 0.25) is 5.91 Å². The summed E-state index contributed by atoms with van der Waals surface area (Å²) < 4.78 is 7.38. The van der Waals surface area contributed by atoms with Crippen LogP contribution in [0.1, 0.15) is 5.82 Å². The fourth-order valence-corrected chi connectivity index (χ4v) is 4.01. The molecule has 146 valence electrons. The molecule has 1 aromatic heterocycles. The zero-order valence-electron chi connectivity index (χ0n) is 15.9. The Kier molecular flexibility index (Phi) is 5.90. The van der Waals surface area contributed by atoms with Crippen molar-refractivity contribution in [3.8, 4) is 0 Å². The molecule has 8 heteroatoms. The van der Waals surface area contributed by atoms with Crippen LogP contribution in [0.25, 0.3) is 10.8 Å². The van der Waals surface area contributed by atoms with Crippen LogP contribution in [0, 0.1) is 0 Å². The molecule has 0 spiro atoms. The molecule has 0 saturated carbocycles. The molecule has 28 heavy (non-hydrogen) atoms. The summed E-state index contributed by atoms with van der Waals surface area (Å²) in [5.41, 5.74) is 0.805. The van der Waals surface area contributed by atoms with E-state index >= 15 is 0 Å². The van der Waals surface area contributed by atoms with E-state index in [4.69, 9.17) is 4.74 Å². The van der Waals surface area contributed by atoms with Crippen LogP contribution in [-0.4, -0.2) is 52.7 Å². The number of morpholine rings is 1. The van der Waals surface area contributed by atoms with E-state index in [0.717, 1.165) is 60.3 Å². The van der Waals surface area contributed by atoms with Gasteiger partial charge in [0.15, 0.2) is 11.0 Å².